The lowest BCUT2D eigenvalue weighted by Crippen LogP contribution is -2.03. The lowest BCUT2D eigenvalue weighted by molar-refractivity contribution is 0.0516. The van der Waals surface area contributed by atoms with E-state index in [4.69, 9.17) is 18.9 Å². The summed E-state index contributed by atoms with van der Waals surface area (Å²) in [5.41, 5.74) is 1.16. The van der Waals surface area contributed by atoms with Crippen molar-refractivity contribution in [2.75, 3.05) is 27.8 Å². The molecule has 0 spiro atoms. The highest BCUT2D eigenvalue weighted by Gasteiger charge is 2.16. The molecule has 0 aliphatic carbocycles. The quantitative estimate of drug-likeness (QED) is 0.503. The second-order valence-corrected chi connectivity index (χ2v) is 5.35. The van der Waals surface area contributed by atoms with Crippen molar-refractivity contribution in [3.05, 3.63) is 48.0 Å². The highest BCUT2D eigenvalue weighted by atomic mass is 16.7. The fourth-order valence-corrected chi connectivity index (χ4v) is 2.76. The van der Waals surface area contributed by atoms with Crippen LogP contribution in [0.25, 0.3) is 21.5 Å². The van der Waals surface area contributed by atoms with Gasteiger partial charge in [0.05, 0.1) is 0 Å². The van der Waals surface area contributed by atoms with Crippen LogP contribution in [0.1, 0.15) is 5.56 Å². The molecule has 0 saturated heterocycles. The van der Waals surface area contributed by atoms with Gasteiger partial charge < -0.3 is 18.9 Å². The summed E-state index contributed by atoms with van der Waals surface area (Å²) < 4.78 is 21.9. The van der Waals surface area contributed by atoms with Gasteiger partial charge in [0.1, 0.15) is 11.5 Å². The Morgan fingerprint density at radius 3 is 1.78 bits per heavy atom. The van der Waals surface area contributed by atoms with Crippen LogP contribution in [0.2, 0.25) is 0 Å². The third kappa shape index (κ3) is 2.96. The molecular weight excluding hydrogens is 292 g/mol. The van der Waals surface area contributed by atoms with E-state index in [1.54, 1.807) is 14.2 Å². The Morgan fingerprint density at radius 1 is 0.696 bits per heavy atom. The highest BCUT2D eigenvalue weighted by molar-refractivity contribution is 6.11. The van der Waals surface area contributed by atoms with Crippen LogP contribution in [0.3, 0.4) is 0 Å². The van der Waals surface area contributed by atoms with Gasteiger partial charge in [-0.3, -0.25) is 0 Å². The zero-order valence-corrected chi connectivity index (χ0v) is 13.6. The summed E-state index contributed by atoms with van der Waals surface area (Å²) in [6, 6.07) is 14.3. The first kappa shape index (κ1) is 15.6. The Hall–Kier alpha value is -2.30. The summed E-state index contributed by atoms with van der Waals surface area (Å²) in [6.07, 6.45) is 0. The maximum Gasteiger partial charge on any atom is 0.188 e. The minimum atomic E-state index is 0.200. The molecule has 0 bridgehead atoms. The number of ether oxygens (including phenoxy) is 4. The molecular formula is C19H20O4. The summed E-state index contributed by atoms with van der Waals surface area (Å²) in [5, 5.41) is 3.99. The van der Waals surface area contributed by atoms with E-state index >= 15 is 0 Å². The van der Waals surface area contributed by atoms with Crippen LogP contribution >= 0.6 is 0 Å². The maximum atomic E-state index is 5.89. The molecule has 3 aromatic carbocycles. The van der Waals surface area contributed by atoms with Crippen molar-refractivity contribution in [1.82, 2.24) is 0 Å². The van der Waals surface area contributed by atoms with Crippen molar-refractivity contribution in [2.45, 2.75) is 6.92 Å². The van der Waals surface area contributed by atoms with Crippen LogP contribution in [-0.2, 0) is 9.47 Å². The zero-order chi connectivity index (χ0) is 16.2. The molecule has 4 nitrogen and oxygen atoms in total. The molecule has 4 heteroatoms. The average molecular weight is 312 g/mol. The number of fused-ring (bicyclic) bond motifs is 2. The Balaban J connectivity index is 2.35. The van der Waals surface area contributed by atoms with Crippen LogP contribution in [0.15, 0.2) is 42.5 Å². The predicted molar refractivity (Wildman–Crippen MR) is 91.2 cm³/mol. The van der Waals surface area contributed by atoms with Crippen LogP contribution < -0.4 is 9.47 Å². The normalized spacial score (nSPS) is 11.1. The summed E-state index contributed by atoms with van der Waals surface area (Å²) in [7, 11) is 3.23. The summed E-state index contributed by atoms with van der Waals surface area (Å²) in [6.45, 7) is 2.46. The average Bonchev–Trinajstić information content (AvgIpc) is 2.58. The number of aryl methyl sites for hydroxylation is 1. The molecule has 0 amide bonds. The Morgan fingerprint density at radius 2 is 1.22 bits per heavy atom. The van der Waals surface area contributed by atoms with Crippen molar-refractivity contribution in [1.29, 1.82) is 0 Å². The molecule has 0 fully saturated rings. The van der Waals surface area contributed by atoms with Gasteiger partial charge in [-0.25, -0.2) is 0 Å². The number of methoxy groups -OCH3 is 2. The third-order valence-electron chi connectivity index (χ3n) is 3.72. The number of benzene rings is 3. The van der Waals surface area contributed by atoms with E-state index < -0.39 is 0 Å². The molecule has 0 aliphatic heterocycles. The van der Waals surface area contributed by atoms with Crippen molar-refractivity contribution in [3.63, 3.8) is 0 Å². The van der Waals surface area contributed by atoms with E-state index in [0.717, 1.165) is 38.6 Å². The number of hydrogen-bond donors (Lipinski definition) is 0. The van der Waals surface area contributed by atoms with Crippen LogP contribution in [0, 0.1) is 6.92 Å². The molecule has 23 heavy (non-hydrogen) atoms. The van der Waals surface area contributed by atoms with Gasteiger partial charge in [-0.2, -0.15) is 0 Å². The van der Waals surface area contributed by atoms with Gasteiger partial charge in [0.2, 0.25) is 0 Å². The van der Waals surface area contributed by atoms with Crippen molar-refractivity contribution in [2.24, 2.45) is 0 Å². The molecule has 0 atom stereocenters. The molecule has 0 unspecified atom stereocenters. The fourth-order valence-electron chi connectivity index (χ4n) is 2.76. The molecule has 0 heterocycles. The highest BCUT2D eigenvalue weighted by Crippen LogP contribution is 2.43. The van der Waals surface area contributed by atoms with Crippen LogP contribution in [0.5, 0.6) is 11.5 Å². The molecule has 120 valence electrons. The van der Waals surface area contributed by atoms with Crippen molar-refractivity contribution < 1.29 is 18.9 Å². The van der Waals surface area contributed by atoms with E-state index in [1.165, 1.54) is 0 Å². The van der Waals surface area contributed by atoms with Crippen molar-refractivity contribution >= 4 is 21.5 Å². The van der Waals surface area contributed by atoms with Gasteiger partial charge in [-0.05, 0) is 13.0 Å². The summed E-state index contributed by atoms with van der Waals surface area (Å²) in [5.74, 6) is 1.62. The summed E-state index contributed by atoms with van der Waals surface area (Å²) >= 11 is 0. The molecule has 0 aliphatic rings. The van der Waals surface area contributed by atoms with E-state index in [0.29, 0.717) is 0 Å². The summed E-state index contributed by atoms with van der Waals surface area (Å²) in [4.78, 5) is 0. The SMILES string of the molecule is COCOc1c2ccccc2c(OCOC)c2cc(C)ccc12. The first-order valence-corrected chi connectivity index (χ1v) is 7.44. The number of hydrogen-bond acceptors (Lipinski definition) is 4. The number of rotatable bonds is 6. The van der Waals surface area contributed by atoms with Crippen molar-refractivity contribution in [3.8, 4) is 11.5 Å². The van der Waals surface area contributed by atoms with Gasteiger partial charge in [-0.1, -0.05) is 42.0 Å². The second kappa shape index (κ2) is 6.86. The van der Waals surface area contributed by atoms with Gasteiger partial charge in [0, 0.05) is 35.8 Å². The largest absolute Gasteiger partial charge is 0.466 e. The molecule has 3 aromatic rings. The van der Waals surface area contributed by atoms with Crippen LogP contribution in [0.4, 0.5) is 0 Å². The molecule has 0 N–H and O–H groups in total. The lowest BCUT2D eigenvalue weighted by Gasteiger charge is -2.17. The minimum absolute atomic E-state index is 0.200. The molecule has 0 radical (unpaired) electrons. The smallest absolute Gasteiger partial charge is 0.188 e. The van der Waals surface area contributed by atoms with E-state index in [2.05, 4.69) is 25.1 Å². The fraction of sp³-hybridized carbons (Fsp3) is 0.263. The Bertz CT molecular complexity index is 826. The first-order chi connectivity index (χ1) is 11.3. The molecule has 0 saturated carbocycles. The van der Waals surface area contributed by atoms with Gasteiger partial charge in [0.15, 0.2) is 13.6 Å². The monoisotopic (exact) mass is 312 g/mol. The minimum Gasteiger partial charge on any atom is -0.466 e. The third-order valence-corrected chi connectivity index (χ3v) is 3.72. The van der Waals surface area contributed by atoms with E-state index in [9.17, 15) is 0 Å². The van der Waals surface area contributed by atoms with E-state index in [1.807, 2.05) is 24.3 Å². The van der Waals surface area contributed by atoms with Gasteiger partial charge in [0.25, 0.3) is 0 Å². The second-order valence-electron chi connectivity index (χ2n) is 5.35. The molecule has 0 aromatic heterocycles. The standard InChI is InChI=1S/C19H20O4/c1-13-8-9-16-17(10-13)19(23-12-21-3)15-7-5-4-6-14(15)18(16)22-11-20-2/h4-10H,11-12H2,1-3H3. The predicted octanol–water partition coefficient (Wildman–Crippen LogP) is 4.27. The van der Waals surface area contributed by atoms with Crippen LogP contribution in [-0.4, -0.2) is 27.8 Å². The molecule has 3 rings (SSSR count). The Labute approximate surface area is 135 Å². The van der Waals surface area contributed by atoms with E-state index in [-0.39, 0.29) is 13.6 Å². The first-order valence-electron chi connectivity index (χ1n) is 7.44. The zero-order valence-electron chi connectivity index (χ0n) is 13.6. The van der Waals surface area contributed by atoms with Gasteiger partial charge >= 0.3 is 0 Å². The topological polar surface area (TPSA) is 36.9 Å². The Kier molecular flexibility index (Phi) is 4.65. The maximum absolute atomic E-state index is 5.89. The van der Waals surface area contributed by atoms with Gasteiger partial charge in [-0.15, -0.1) is 0 Å². The lowest BCUT2D eigenvalue weighted by atomic mass is 9.99.